The number of hydrogen-bond acceptors (Lipinski definition) is 6. The zero-order valence-corrected chi connectivity index (χ0v) is 20.8. The van der Waals surface area contributed by atoms with Crippen molar-refractivity contribution in [2.24, 2.45) is 0 Å². The van der Waals surface area contributed by atoms with Gasteiger partial charge in [-0.25, -0.2) is 8.42 Å². The quantitative estimate of drug-likeness (QED) is 0.326. The molecule has 2 amide bonds. The van der Waals surface area contributed by atoms with E-state index in [1.807, 2.05) is 0 Å². The molecule has 4 rings (SSSR count). The molecule has 0 aliphatic rings. The van der Waals surface area contributed by atoms with Crippen LogP contribution in [-0.4, -0.2) is 33.9 Å². The molecule has 0 aliphatic heterocycles. The minimum absolute atomic E-state index is 0.00246. The van der Waals surface area contributed by atoms with Gasteiger partial charge in [0.2, 0.25) is 5.91 Å². The first-order valence-corrected chi connectivity index (χ1v) is 12.7. The number of anilines is 2. The lowest BCUT2D eigenvalue weighted by Crippen LogP contribution is -2.38. The first-order chi connectivity index (χ1) is 17.9. The predicted molar refractivity (Wildman–Crippen MR) is 139 cm³/mol. The summed E-state index contributed by atoms with van der Waals surface area (Å²) >= 11 is 0. The Morgan fingerprint density at radius 1 is 0.892 bits per heavy atom. The molecule has 0 fully saturated rings. The number of para-hydroxylation sites is 2. The van der Waals surface area contributed by atoms with E-state index in [2.05, 4.69) is 10.6 Å². The predicted octanol–water partition coefficient (Wildman–Crippen LogP) is 4.05. The van der Waals surface area contributed by atoms with Crippen molar-refractivity contribution in [3.63, 3.8) is 0 Å². The van der Waals surface area contributed by atoms with Crippen LogP contribution < -0.4 is 19.7 Å². The third-order valence-electron chi connectivity index (χ3n) is 5.43. The molecule has 2 N–H and O–H groups in total. The molecule has 0 aliphatic carbocycles. The van der Waals surface area contributed by atoms with Gasteiger partial charge in [-0.15, -0.1) is 0 Å². The summed E-state index contributed by atoms with van der Waals surface area (Å²) in [5, 5.41) is 5.41. The lowest BCUT2D eigenvalue weighted by atomic mass is 10.1. The van der Waals surface area contributed by atoms with Crippen LogP contribution in [0.1, 0.15) is 16.1 Å². The van der Waals surface area contributed by atoms with Crippen LogP contribution in [-0.2, 0) is 21.4 Å². The van der Waals surface area contributed by atoms with Gasteiger partial charge in [0.25, 0.3) is 15.9 Å². The molecule has 1 aromatic heterocycles. The number of carbonyl (C=O) groups excluding carboxylic acids is 2. The molecule has 37 heavy (non-hydrogen) atoms. The van der Waals surface area contributed by atoms with Crippen molar-refractivity contribution < 1.29 is 27.2 Å². The number of nitrogens with zero attached hydrogens (tertiary/aromatic N) is 1. The average molecular weight is 520 g/mol. The Hall–Kier alpha value is -4.57. The number of benzene rings is 3. The molecule has 9 nitrogen and oxygen atoms in total. The zero-order chi connectivity index (χ0) is 26.3. The van der Waals surface area contributed by atoms with E-state index in [9.17, 15) is 18.0 Å². The van der Waals surface area contributed by atoms with Gasteiger partial charge < -0.3 is 19.8 Å². The highest BCUT2D eigenvalue weighted by molar-refractivity contribution is 7.92. The van der Waals surface area contributed by atoms with Crippen molar-refractivity contribution in [2.75, 3.05) is 23.3 Å². The van der Waals surface area contributed by atoms with Gasteiger partial charge in [0.1, 0.15) is 18.1 Å². The molecule has 190 valence electrons. The van der Waals surface area contributed by atoms with Crippen LogP contribution in [0.15, 0.2) is 107 Å². The maximum atomic E-state index is 13.5. The van der Waals surface area contributed by atoms with E-state index in [1.165, 1.54) is 37.6 Å². The van der Waals surface area contributed by atoms with Gasteiger partial charge in [0, 0.05) is 0 Å². The van der Waals surface area contributed by atoms with Crippen LogP contribution >= 0.6 is 0 Å². The molecule has 3 aromatic carbocycles. The summed E-state index contributed by atoms with van der Waals surface area (Å²) in [5.41, 5.74) is 0.795. The molecule has 0 bridgehead atoms. The van der Waals surface area contributed by atoms with Gasteiger partial charge >= 0.3 is 0 Å². The van der Waals surface area contributed by atoms with E-state index in [0.717, 1.165) is 4.31 Å². The first-order valence-electron chi connectivity index (χ1n) is 11.3. The normalized spacial score (nSPS) is 10.9. The minimum atomic E-state index is -4.10. The van der Waals surface area contributed by atoms with E-state index < -0.39 is 28.4 Å². The maximum absolute atomic E-state index is 13.5. The summed E-state index contributed by atoms with van der Waals surface area (Å²) in [7, 11) is -2.61. The van der Waals surface area contributed by atoms with Crippen molar-refractivity contribution >= 4 is 33.2 Å². The van der Waals surface area contributed by atoms with Crippen molar-refractivity contribution in [3.05, 3.63) is 109 Å². The van der Waals surface area contributed by atoms with Gasteiger partial charge in [0.05, 0.1) is 41.8 Å². The highest BCUT2D eigenvalue weighted by atomic mass is 32.2. The fraction of sp³-hybridized carbons (Fsp3) is 0.111. The van der Waals surface area contributed by atoms with E-state index in [4.69, 9.17) is 9.15 Å². The summed E-state index contributed by atoms with van der Waals surface area (Å²) in [6.07, 6.45) is 1.51. The second kappa shape index (κ2) is 11.4. The molecule has 0 saturated carbocycles. The summed E-state index contributed by atoms with van der Waals surface area (Å²) in [6, 6.07) is 24.1. The van der Waals surface area contributed by atoms with Crippen molar-refractivity contribution in [3.8, 4) is 5.75 Å². The largest absolute Gasteiger partial charge is 0.497 e. The van der Waals surface area contributed by atoms with Crippen LogP contribution in [0.2, 0.25) is 0 Å². The lowest BCUT2D eigenvalue weighted by Gasteiger charge is -2.24. The maximum Gasteiger partial charge on any atom is 0.264 e. The van der Waals surface area contributed by atoms with Gasteiger partial charge in [-0.1, -0.05) is 30.3 Å². The number of ether oxygens (including phenoxy) is 1. The van der Waals surface area contributed by atoms with Gasteiger partial charge in [0.15, 0.2) is 0 Å². The molecule has 0 radical (unpaired) electrons. The van der Waals surface area contributed by atoms with E-state index in [0.29, 0.717) is 17.2 Å². The minimum Gasteiger partial charge on any atom is -0.497 e. The fourth-order valence-corrected chi connectivity index (χ4v) is 4.99. The monoisotopic (exact) mass is 519 g/mol. The summed E-state index contributed by atoms with van der Waals surface area (Å²) in [5.74, 6) is 0.0484. The standard InChI is InChI=1S/C27H25N3O6S/c1-35-21-13-15-23(16-14-21)37(33,34)30(20-8-3-2-4-9-20)19-26(31)29-25-12-6-5-11-24(25)27(32)28-18-22-10-7-17-36-22/h2-17H,18-19H2,1H3,(H,28,32)(H,29,31). The third kappa shape index (κ3) is 6.17. The number of carbonyl (C=O) groups is 2. The van der Waals surface area contributed by atoms with Crippen LogP contribution in [0, 0.1) is 0 Å². The number of sulfonamides is 1. The van der Waals surface area contributed by atoms with Crippen molar-refractivity contribution in [2.45, 2.75) is 11.4 Å². The molecule has 4 aromatic rings. The molecule has 1 heterocycles. The Labute approximate surface area is 214 Å². The SMILES string of the molecule is COc1ccc(S(=O)(=O)N(CC(=O)Nc2ccccc2C(=O)NCc2ccco2)c2ccccc2)cc1. The van der Waals surface area contributed by atoms with Gasteiger partial charge in [-0.3, -0.25) is 13.9 Å². The number of amides is 2. The Balaban J connectivity index is 1.55. The van der Waals surface area contributed by atoms with Crippen molar-refractivity contribution in [1.82, 2.24) is 5.32 Å². The fourth-order valence-electron chi connectivity index (χ4n) is 3.57. The zero-order valence-electron chi connectivity index (χ0n) is 20.0. The number of nitrogens with one attached hydrogen (secondary N) is 2. The number of rotatable bonds is 10. The topological polar surface area (TPSA) is 118 Å². The smallest absolute Gasteiger partial charge is 0.264 e. The van der Waals surface area contributed by atoms with Gasteiger partial charge in [-0.05, 0) is 60.7 Å². The molecule has 0 spiro atoms. The van der Waals surface area contributed by atoms with Gasteiger partial charge in [-0.2, -0.15) is 0 Å². The van der Waals surface area contributed by atoms with Crippen LogP contribution in [0.25, 0.3) is 0 Å². The Morgan fingerprint density at radius 2 is 1.59 bits per heavy atom. The second-order valence-electron chi connectivity index (χ2n) is 7.88. The molecular weight excluding hydrogens is 494 g/mol. The molecular formula is C27H25N3O6S. The van der Waals surface area contributed by atoms with Crippen LogP contribution in [0.5, 0.6) is 5.75 Å². The highest BCUT2D eigenvalue weighted by Gasteiger charge is 2.27. The third-order valence-corrected chi connectivity index (χ3v) is 7.22. The lowest BCUT2D eigenvalue weighted by molar-refractivity contribution is -0.114. The second-order valence-corrected chi connectivity index (χ2v) is 9.74. The average Bonchev–Trinajstić information content (AvgIpc) is 3.45. The van der Waals surface area contributed by atoms with Crippen LogP contribution in [0.3, 0.4) is 0 Å². The molecule has 0 unspecified atom stereocenters. The highest BCUT2D eigenvalue weighted by Crippen LogP contribution is 2.25. The van der Waals surface area contributed by atoms with Crippen LogP contribution in [0.4, 0.5) is 11.4 Å². The summed E-state index contributed by atoms with van der Waals surface area (Å²) in [4.78, 5) is 25.9. The number of hydrogen-bond donors (Lipinski definition) is 2. The Morgan fingerprint density at radius 3 is 2.27 bits per heavy atom. The summed E-state index contributed by atoms with van der Waals surface area (Å²) in [6.45, 7) is -0.337. The number of furan rings is 1. The molecule has 0 atom stereocenters. The Kier molecular flexibility index (Phi) is 7.89. The Bertz CT molecular complexity index is 1450. The molecule has 0 saturated heterocycles. The van der Waals surface area contributed by atoms with E-state index in [1.54, 1.807) is 66.7 Å². The number of methoxy groups -OCH3 is 1. The summed E-state index contributed by atoms with van der Waals surface area (Å²) < 4.78 is 38.4. The van der Waals surface area contributed by atoms with Crippen molar-refractivity contribution in [1.29, 1.82) is 0 Å². The molecule has 10 heteroatoms. The van der Waals surface area contributed by atoms with E-state index in [-0.39, 0.29) is 22.7 Å². The first kappa shape index (κ1) is 25.5. The van der Waals surface area contributed by atoms with E-state index >= 15 is 0 Å².